The van der Waals surface area contributed by atoms with Gasteiger partial charge in [-0.3, -0.25) is 9.20 Å². The van der Waals surface area contributed by atoms with Crippen molar-refractivity contribution in [3.63, 3.8) is 0 Å². The van der Waals surface area contributed by atoms with Crippen LogP contribution >= 0.6 is 11.3 Å². The van der Waals surface area contributed by atoms with Crippen LogP contribution in [0.2, 0.25) is 0 Å². The Hall–Kier alpha value is -1.40. The molecule has 0 unspecified atom stereocenters. The average molecular weight is 294 g/mol. The van der Waals surface area contributed by atoms with Crippen LogP contribution in [0.1, 0.15) is 30.9 Å². The molecule has 0 saturated heterocycles. The van der Waals surface area contributed by atoms with Gasteiger partial charge in [-0.05, 0) is 19.8 Å². The molecule has 0 bridgehead atoms. The number of nitrogens with zero attached hydrogens (tertiary/aromatic N) is 2. The summed E-state index contributed by atoms with van der Waals surface area (Å²) in [5.74, 6) is 0.517. The molecule has 1 amide bonds. The van der Waals surface area contributed by atoms with E-state index in [1.807, 2.05) is 6.92 Å². The first-order valence-electron chi connectivity index (χ1n) is 6.88. The number of imidazole rings is 1. The maximum absolute atomic E-state index is 11.6. The molecule has 0 fully saturated rings. The number of carbonyl (C=O) groups excluding carboxylic acids is 1. The zero-order valence-electron chi connectivity index (χ0n) is 12.5. The lowest BCUT2D eigenvalue weighted by molar-refractivity contribution is -0.120. The third-order valence-corrected chi connectivity index (χ3v) is 4.06. The number of fused-ring (bicyclic) bond motifs is 1. The highest BCUT2D eigenvalue weighted by molar-refractivity contribution is 7.15. The SMILES string of the molecule is Cc1nc2scc(C)n2c1CNCC(=O)NCC(C)C. The lowest BCUT2D eigenvalue weighted by atomic mass is 10.2. The summed E-state index contributed by atoms with van der Waals surface area (Å²) in [6.07, 6.45) is 0. The quantitative estimate of drug-likeness (QED) is 0.855. The molecule has 2 N–H and O–H groups in total. The van der Waals surface area contributed by atoms with Crippen LogP contribution < -0.4 is 10.6 Å². The van der Waals surface area contributed by atoms with Gasteiger partial charge in [0.05, 0.1) is 17.9 Å². The Labute approximate surface area is 123 Å². The number of hydrogen-bond donors (Lipinski definition) is 2. The maximum atomic E-state index is 11.6. The van der Waals surface area contributed by atoms with Crippen LogP contribution in [0.3, 0.4) is 0 Å². The van der Waals surface area contributed by atoms with E-state index in [2.05, 4.69) is 46.2 Å². The summed E-state index contributed by atoms with van der Waals surface area (Å²) in [5.41, 5.74) is 3.34. The molecule has 6 heteroatoms. The summed E-state index contributed by atoms with van der Waals surface area (Å²) in [4.78, 5) is 17.2. The van der Waals surface area contributed by atoms with E-state index in [1.54, 1.807) is 11.3 Å². The van der Waals surface area contributed by atoms with Gasteiger partial charge in [-0.1, -0.05) is 13.8 Å². The number of thiazole rings is 1. The first kappa shape index (κ1) is 15.0. The van der Waals surface area contributed by atoms with Gasteiger partial charge in [0.2, 0.25) is 5.91 Å². The minimum Gasteiger partial charge on any atom is -0.355 e. The second-order valence-corrected chi connectivity index (χ2v) is 6.28. The van der Waals surface area contributed by atoms with Crippen LogP contribution in [0.5, 0.6) is 0 Å². The lowest BCUT2D eigenvalue weighted by Crippen LogP contribution is -2.35. The monoisotopic (exact) mass is 294 g/mol. The van der Waals surface area contributed by atoms with Crippen LogP contribution in [0.25, 0.3) is 4.96 Å². The van der Waals surface area contributed by atoms with E-state index in [4.69, 9.17) is 0 Å². The molecule has 20 heavy (non-hydrogen) atoms. The van der Waals surface area contributed by atoms with Gasteiger partial charge in [0.25, 0.3) is 0 Å². The molecule has 110 valence electrons. The summed E-state index contributed by atoms with van der Waals surface area (Å²) in [7, 11) is 0. The normalized spacial score (nSPS) is 11.4. The number of aromatic nitrogens is 2. The van der Waals surface area contributed by atoms with E-state index < -0.39 is 0 Å². The van der Waals surface area contributed by atoms with Gasteiger partial charge in [-0.2, -0.15) is 0 Å². The van der Waals surface area contributed by atoms with Crippen molar-refractivity contribution in [3.8, 4) is 0 Å². The van der Waals surface area contributed by atoms with E-state index in [0.29, 0.717) is 19.0 Å². The highest BCUT2D eigenvalue weighted by Crippen LogP contribution is 2.20. The topological polar surface area (TPSA) is 58.4 Å². The standard InChI is InChI=1S/C14H22N4OS/c1-9(2)5-16-13(19)7-15-6-12-11(4)17-14-18(12)10(3)8-20-14/h8-9,15H,5-7H2,1-4H3,(H,16,19). The third-order valence-electron chi connectivity index (χ3n) is 3.12. The van der Waals surface area contributed by atoms with E-state index in [1.165, 1.54) is 5.69 Å². The average Bonchev–Trinajstić information content (AvgIpc) is 2.88. The van der Waals surface area contributed by atoms with Crippen molar-refractivity contribution >= 4 is 22.2 Å². The molecule has 0 radical (unpaired) electrons. The number of nitrogens with one attached hydrogen (secondary N) is 2. The van der Waals surface area contributed by atoms with Gasteiger partial charge in [-0.25, -0.2) is 4.98 Å². The van der Waals surface area contributed by atoms with Crippen LogP contribution in [-0.2, 0) is 11.3 Å². The molecule has 0 atom stereocenters. The van der Waals surface area contributed by atoms with Gasteiger partial charge in [0, 0.05) is 24.2 Å². The molecule has 0 aliphatic carbocycles. The number of rotatable bonds is 6. The molecule has 0 spiro atoms. The smallest absolute Gasteiger partial charge is 0.233 e. The van der Waals surface area contributed by atoms with Crippen LogP contribution in [-0.4, -0.2) is 28.4 Å². The summed E-state index contributed by atoms with van der Waals surface area (Å²) >= 11 is 1.64. The molecule has 0 aliphatic rings. The van der Waals surface area contributed by atoms with Gasteiger partial charge in [0.1, 0.15) is 0 Å². The zero-order chi connectivity index (χ0) is 14.7. The number of carbonyl (C=O) groups is 1. The Balaban J connectivity index is 1.91. The fourth-order valence-corrected chi connectivity index (χ4v) is 2.98. The second-order valence-electron chi connectivity index (χ2n) is 5.44. The van der Waals surface area contributed by atoms with Crippen molar-refractivity contribution in [2.45, 2.75) is 34.2 Å². The Kier molecular flexibility index (Phi) is 4.77. The molecule has 2 aromatic heterocycles. The van der Waals surface area contributed by atoms with Crippen molar-refractivity contribution < 1.29 is 4.79 Å². The van der Waals surface area contributed by atoms with Gasteiger partial charge >= 0.3 is 0 Å². The number of hydrogen-bond acceptors (Lipinski definition) is 4. The summed E-state index contributed by atoms with van der Waals surface area (Å²) in [5, 5.41) is 8.19. The van der Waals surface area contributed by atoms with Crippen molar-refractivity contribution in [2.75, 3.05) is 13.1 Å². The van der Waals surface area contributed by atoms with Gasteiger partial charge in [0.15, 0.2) is 4.96 Å². The number of aryl methyl sites for hydroxylation is 2. The van der Waals surface area contributed by atoms with Crippen LogP contribution in [0.15, 0.2) is 5.38 Å². The second kappa shape index (κ2) is 6.37. The van der Waals surface area contributed by atoms with Crippen molar-refractivity contribution in [2.24, 2.45) is 5.92 Å². The highest BCUT2D eigenvalue weighted by Gasteiger charge is 2.12. The first-order chi connectivity index (χ1) is 9.49. The fourth-order valence-electron chi connectivity index (χ4n) is 2.05. The summed E-state index contributed by atoms with van der Waals surface area (Å²) < 4.78 is 2.15. The maximum Gasteiger partial charge on any atom is 0.233 e. The third kappa shape index (κ3) is 3.37. The largest absolute Gasteiger partial charge is 0.355 e. The minimum atomic E-state index is 0.0409. The van der Waals surface area contributed by atoms with Crippen LogP contribution in [0.4, 0.5) is 0 Å². The lowest BCUT2D eigenvalue weighted by Gasteiger charge is -2.09. The van der Waals surface area contributed by atoms with E-state index >= 15 is 0 Å². The Morgan fingerprint density at radius 1 is 1.45 bits per heavy atom. The summed E-state index contributed by atoms with van der Waals surface area (Å²) in [6, 6.07) is 0. The van der Waals surface area contributed by atoms with E-state index in [9.17, 15) is 4.79 Å². The molecule has 2 heterocycles. The number of amides is 1. The highest BCUT2D eigenvalue weighted by atomic mass is 32.1. The Bertz CT molecular complexity index is 600. The molecule has 0 saturated carbocycles. The Morgan fingerprint density at radius 3 is 2.90 bits per heavy atom. The molecular formula is C14H22N4OS. The molecule has 5 nitrogen and oxygen atoms in total. The van der Waals surface area contributed by atoms with Crippen molar-refractivity contribution in [1.29, 1.82) is 0 Å². The fraction of sp³-hybridized carbons (Fsp3) is 0.571. The first-order valence-corrected chi connectivity index (χ1v) is 7.76. The predicted molar refractivity (Wildman–Crippen MR) is 82.1 cm³/mol. The summed E-state index contributed by atoms with van der Waals surface area (Å²) in [6.45, 7) is 9.96. The van der Waals surface area contributed by atoms with Gasteiger partial charge in [-0.15, -0.1) is 11.3 Å². The zero-order valence-corrected chi connectivity index (χ0v) is 13.3. The molecule has 0 aliphatic heterocycles. The van der Waals surface area contributed by atoms with Crippen LogP contribution in [0, 0.1) is 19.8 Å². The van der Waals surface area contributed by atoms with Crippen molar-refractivity contribution in [3.05, 3.63) is 22.5 Å². The minimum absolute atomic E-state index is 0.0409. The predicted octanol–water partition coefficient (Wildman–Crippen LogP) is 1.87. The molecule has 0 aromatic carbocycles. The van der Waals surface area contributed by atoms with Crippen molar-refractivity contribution in [1.82, 2.24) is 20.0 Å². The molecular weight excluding hydrogens is 272 g/mol. The molecule has 2 rings (SSSR count). The van der Waals surface area contributed by atoms with E-state index in [-0.39, 0.29) is 5.91 Å². The molecule has 2 aromatic rings. The van der Waals surface area contributed by atoms with Gasteiger partial charge < -0.3 is 10.6 Å². The Morgan fingerprint density at radius 2 is 2.20 bits per heavy atom. The van der Waals surface area contributed by atoms with E-state index in [0.717, 1.165) is 22.9 Å².